The fourth-order valence-corrected chi connectivity index (χ4v) is 1.64. The van der Waals surface area contributed by atoms with Crippen molar-refractivity contribution in [1.82, 2.24) is 4.90 Å². The van der Waals surface area contributed by atoms with Crippen LogP contribution in [0, 0.1) is 0 Å². The van der Waals surface area contributed by atoms with Gasteiger partial charge in [0, 0.05) is 11.6 Å². The van der Waals surface area contributed by atoms with E-state index in [0.29, 0.717) is 10.7 Å². The molecule has 5 heteroatoms. The zero-order valence-corrected chi connectivity index (χ0v) is 10.8. The Bertz CT molecular complexity index is 394. The number of carboxylic acids is 1. The van der Waals surface area contributed by atoms with E-state index >= 15 is 0 Å². The molecular weight excluding hydrogens is 240 g/mol. The van der Waals surface area contributed by atoms with Crippen LogP contribution in [0.3, 0.4) is 0 Å². The summed E-state index contributed by atoms with van der Waals surface area (Å²) in [6, 6.07) is 4.73. The van der Waals surface area contributed by atoms with Crippen molar-refractivity contribution in [2.45, 2.75) is 6.42 Å². The Labute approximate surface area is 106 Å². The van der Waals surface area contributed by atoms with E-state index in [2.05, 4.69) is 10.2 Å². The molecule has 0 bridgehead atoms. The second-order valence-electron chi connectivity index (χ2n) is 4.08. The number of hydrogen-bond donors (Lipinski definition) is 2. The SMILES string of the molecule is CN(C)CCCNc1cc(Cl)ccc1C(=O)O. The van der Waals surface area contributed by atoms with Crippen molar-refractivity contribution in [1.29, 1.82) is 0 Å². The molecule has 0 saturated heterocycles. The Balaban J connectivity index is 2.62. The topological polar surface area (TPSA) is 52.6 Å². The van der Waals surface area contributed by atoms with E-state index in [4.69, 9.17) is 16.7 Å². The van der Waals surface area contributed by atoms with Gasteiger partial charge in [-0.05, 0) is 45.3 Å². The lowest BCUT2D eigenvalue weighted by Crippen LogP contribution is -2.17. The van der Waals surface area contributed by atoms with Crippen molar-refractivity contribution >= 4 is 23.3 Å². The molecule has 0 aliphatic heterocycles. The van der Waals surface area contributed by atoms with Gasteiger partial charge in [-0.2, -0.15) is 0 Å². The Hall–Kier alpha value is -1.26. The summed E-state index contributed by atoms with van der Waals surface area (Å²) in [6.45, 7) is 1.68. The summed E-state index contributed by atoms with van der Waals surface area (Å²) < 4.78 is 0. The first-order chi connectivity index (χ1) is 8.00. The largest absolute Gasteiger partial charge is 0.478 e. The van der Waals surface area contributed by atoms with Gasteiger partial charge in [-0.3, -0.25) is 0 Å². The maximum absolute atomic E-state index is 11.0. The minimum absolute atomic E-state index is 0.249. The lowest BCUT2D eigenvalue weighted by molar-refractivity contribution is 0.0698. The van der Waals surface area contributed by atoms with Crippen LogP contribution in [0.2, 0.25) is 5.02 Å². The summed E-state index contributed by atoms with van der Waals surface area (Å²) in [6.07, 6.45) is 0.943. The van der Waals surface area contributed by atoms with Crippen molar-refractivity contribution in [3.05, 3.63) is 28.8 Å². The second kappa shape index (κ2) is 6.47. The number of carboxylic acid groups (broad SMARTS) is 1. The summed E-state index contributed by atoms with van der Waals surface area (Å²) in [5.41, 5.74) is 0.822. The molecule has 0 aromatic heterocycles. The highest BCUT2D eigenvalue weighted by Gasteiger charge is 2.09. The van der Waals surface area contributed by atoms with E-state index in [1.165, 1.54) is 6.07 Å². The van der Waals surface area contributed by atoms with Gasteiger partial charge in [0.2, 0.25) is 0 Å². The van der Waals surface area contributed by atoms with E-state index in [1.54, 1.807) is 12.1 Å². The van der Waals surface area contributed by atoms with Crippen molar-refractivity contribution in [3.8, 4) is 0 Å². The van der Waals surface area contributed by atoms with Gasteiger partial charge in [0.25, 0.3) is 0 Å². The number of hydrogen-bond acceptors (Lipinski definition) is 3. The van der Waals surface area contributed by atoms with Crippen LogP contribution in [-0.4, -0.2) is 43.2 Å². The highest BCUT2D eigenvalue weighted by atomic mass is 35.5. The zero-order valence-electron chi connectivity index (χ0n) is 10.0. The molecule has 94 valence electrons. The minimum atomic E-state index is -0.947. The van der Waals surface area contributed by atoms with E-state index in [-0.39, 0.29) is 5.56 Å². The van der Waals surface area contributed by atoms with Gasteiger partial charge in [0.05, 0.1) is 11.3 Å². The minimum Gasteiger partial charge on any atom is -0.478 e. The fraction of sp³-hybridized carbons (Fsp3) is 0.417. The zero-order chi connectivity index (χ0) is 12.8. The molecule has 0 radical (unpaired) electrons. The first-order valence-corrected chi connectivity index (χ1v) is 5.80. The van der Waals surface area contributed by atoms with Gasteiger partial charge in [-0.1, -0.05) is 11.6 Å². The highest BCUT2D eigenvalue weighted by Crippen LogP contribution is 2.21. The van der Waals surface area contributed by atoms with Crippen LogP contribution in [0.15, 0.2) is 18.2 Å². The monoisotopic (exact) mass is 256 g/mol. The number of halogens is 1. The number of rotatable bonds is 6. The van der Waals surface area contributed by atoms with Crippen molar-refractivity contribution in [3.63, 3.8) is 0 Å². The smallest absolute Gasteiger partial charge is 0.337 e. The average molecular weight is 257 g/mol. The normalized spacial score (nSPS) is 10.6. The lowest BCUT2D eigenvalue weighted by Gasteiger charge is -2.12. The molecular formula is C12H17ClN2O2. The van der Waals surface area contributed by atoms with Crippen LogP contribution in [-0.2, 0) is 0 Å². The van der Waals surface area contributed by atoms with Gasteiger partial charge in [0.15, 0.2) is 0 Å². The molecule has 0 atom stereocenters. The first kappa shape index (κ1) is 13.8. The third-order valence-electron chi connectivity index (χ3n) is 2.31. The molecule has 0 saturated carbocycles. The Morgan fingerprint density at radius 3 is 2.76 bits per heavy atom. The predicted molar refractivity (Wildman–Crippen MR) is 70.1 cm³/mol. The van der Waals surface area contributed by atoms with Crippen LogP contribution >= 0.6 is 11.6 Å². The molecule has 0 amide bonds. The summed E-state index contributed by atoms with van der Waals surface area (Å²) in [5, 5.41) is 12.6. The summed E-state index contributed by atoms with van der Waals surface area (Å²) >= 11 is 5.84. The molecule has 1 aromatic carbocycles. The van der Waals surface area contributed by atoms with Gasteiger partial charge in [0.1, 0.15) is 0 Å². The van der Waals surface area contributed by atoms with Gasteiger partial charge >= 0.3 is 5.97 Å². The van der Waals surface area contributed by atoms with Crippen molar-refractivity contribution < 1.29 is 9.90 Å². The number of nitrogens with one attached hydrogen (secondary N) is 1. The molecule has 2 N–H and O–H groups in total. The van der Waals surface area contributed by atoms with Crippen molar-refractivity contribution in [2.24, 2.45) is 0 Å². The average Bonchev–Trinajstić information content (AvgIpc) is 2.23. The molecule has 0 spiro atoms. The number of benzene rings is 1. The molecule has 4 nitrogen and oxygen atoms in total. The van der Waals surface area contributed by atoms with Crippen LogP contribution in [0.1, 0.15) is 16.8 Å². The molecule has 0 fully saturated rings. The summed E-state index contributed by atoms with van der Waals surface area (Å²) in [4.78, 5) is 13.1. The molecule has 0 heterocycles. The van der Waals surface area contributed by atoms with Gasteiger partial charge < -0.3 is 15.3 Å². The Kier molecular flexibility index (Phi) is 5.25. The molecule has 1 rings (SSSR count). The van der Waals surface area contributed by atoms with Crippen LogP contribution in [0.4, 0.5) is 5.69 Å². The molecule has 17 heavy (non-hydrogen) atoms. The molecule has 1 aromatic rings. The number of nitrogens with zero attached hydrogens (tertiary/aromatic N) is 1. The highest BCUT2D eigenvalue weighted by molar-refractivity contribution is 6.31. The van der Waals surface area contributed by atoms with E-state index < -0.39 is 5.97 Å². The van der Waals surface area contributed by atoms with Crippen LogP contribution in [0.5, 0.6) is 0 Å². The van der Waals surface area contributed by atoms with E-state index in [1.807, 2.05) is 14.1 Å². The standard InChI is InChI=1S/C12H17ClN2O2/c1-15(2)7-3-6-14-11-8-9(13)4-5-10(11)12(16)17/h4-5,8,14H,3,6-7H2,1-2H3,(H,16,17). The first-order valence-electron chi connectivity index (χ1n) is 5.42. The number of carbonyl (C=O) groups is 1. The second-order valence-corrected chi connectivity index (χ2v) is 4.52. The Morgan fingerprint density at radius 1 is 1.47 bits per heavy atom. The maximum atomic E-state index is 11.0. The Morgan fingerprint density at radius 2 is 2.18 bits per heavy atom. The molecule has 0 unspecified atom stereocenters. The summed E-state index contributed by atoms with van der Waals surface area (Å²) in [5.74, 6) is -0.947. The molecule has 0 aliphatic rings. The number of aromatic carboxylic acids is 1. The fourth-order valence-electron chi connectivity index (χ4n) is 1.47. The van der Waals surface area contributed by atoms with Crippen molar-refractivity contribution in [2.75, 3.05) is 32.5 Å². The lowest BCUT2D eigenvalue weighted by atomic mass is 10.2. The van der Waals surface area contributed by atoms with Crippen LogP contribution in [0.25, 0.3) is 0 Å². The number of anilines is 1. The van der Waals surface area contributed by atoms with E-state index in [0.717, 1.165) is 19.5 Å². The quantitative estimate of drug-likeness (QED) is 0.768. The molecule has 0 aliphatic carbocycles. The van der Waals surface area contributed by atoms with Gasteiger partial charge in [-0.15, -0.1) is 0 Å². The van der Waals surface area contributed by atoms with Crippen LogP contribution < -0.4 is 5.32 Å². The van der Waals surface area contributed by atoms with E-state index in [9.17, 15) is 4.79 Å². The van der Waals surface area contributed by atoms with Gasteiger partial charge in [-0.25, -0.2) is 4.79 Å². The summed E-state index contributed by atoms with van der Waals surface area (Å²) in [7, 11) is 4.00. The maximum Gasteiger partial charge on any atom is 0.337 e. The third kappa shape index (κ3) is 4.63. The third-order valence-corrected chi connectivity index (χ3v) is 2.54. The predicted octanol–water partition coefficient (Wildman–Crippen LogP) is 2.40.